The van der Waals surface area contributed by atoms with E-state index < -0.39 is 29.1 Å². The summed E-state index contributed by atoms with van der Waals surface area (Å²) in [4.78, 5) is 23.8. The van der Waals surface area contributed by atoms with Gasteiger partial charge in [0.25, 0.3) is 0 Å². The number of halogens is 1. The van der Waals surface area contributed by atoms with Crippen molar-refractivity contribution in [2.45, 2.75) is 71.2 Å². The molecule has 128 valence electrons. The molecule has 0 radical (unpaired) electrons. The van der Waals surface area contributed by atoms with Crippen LogP contribution in [-0.4, -0.2) is 41.3 Å². The average Bonchev–Trinajstić information content (AvgIpc) is 2.61. The highest BCUT2D eigenvalue weighted by atomic mass is 32.2. The van der Waals surface area contributed by atoms with E-state index in [0.717, 1.165) is 0 Å². The maximum atomic E-state index is 14.3. The second kappa shape index (κ2) is 6.77. The Hall–Kier alpha value is -0.780. The fourth-order valence-corrected chi connectivity index (χ4v) is 3.21. The van der Waals surface area contributed by atoms with Crippen LogP contribution in [0.15, 0.2) is 0 Å². The van der Waals surface area contributed by atoms with Crippen molar-refractivity contribution in [3.8, 4) is 0 Å². The molecular weight excluding hydrogens is 307 g/mol. The van der Waals surface area contributed by atoms with E-state index in [1.807, 2.05) is 0 Å². The Bertz CT molecular complexity index is 425. The predicted octanol–water partition coefficient (Wildman–Crippen LogP) is 3.38. The summed E-state index contributed by atoms with van der Waals surface area (Å²) >= 11 is 1.36. The SMILES string of the molecule is CC1S[C@H](COC(=O)C(C)(C)C)[C@@H](OC(=O)C(C)(C)C)[C@@H]1F. The monoisotopic (exact) mass is 334 g/mol. The molecule has 6 heteroatoms. The minimum atomic E-state index is -1.25. The van der Waals surface area contributed by atoms with Gasteiger partial charge in [-0.15, -0.1) is 11.8 Å². The highest BCUT2D eigenvalue weighted by molar-refractivity contribution is 8.00. The van der Waals surface area contributed by atoms with Crippen LogP contribution in [0, 0.1) is 10.8 Å². The summed E-state index contributed by atoms with van der Waals surface area (Å²) in [5.41, 5.74) is -1.30. The van der Waals surface area contributed by atoms with Crippen LogP contribution in [0.2, 0.25) is 0 Å². The number of hydrogen-bond donors (Lipinski definition) is 0. The van der Waals surface area contributed by atoms with E-state index in [9.17, 15) is 14.0 Å². The Morgan fingerprint density at radius 2 is 1.55 bits per heavy atom. The van der Waals surface area contributed by atoms with Crippen molar-refractivity contribution >= 4 is 23.7 Å². The van der Waals surface area contributed by atoms with Crippen molar-refractivity contribution in [3.05, 3.63) is 0 Å². The predicted molar refractivity (Wildman–Crippen MR) is 85.5 cm³/mol. The molecule has 0 aromatic heterocycles. The van der Waals surface area contributed by atoms with Crippen molar-refractivity contribution in [1.29, 1.82) is 0 Å². The van der Waals surface area contributed by atoms with Crippen LogP contribution < -0.4 is 0 Å². The quantitative estimate of drug-likeness (QED) is 0.741. The van der Waals surface area contributed by atoms with Crippen LogP contribution in [0.5, 0.6) is 0 Å². The van der Waals surface area contributed by atoms with Crippen molar-refractivity contribution in [2.75, 3.05) is 6.61 Å². The van der Waals surface area contributed by atoms with Gasteiger partial charge in [-0.25, -0.2) is 4.39 Å². The zero-order valence-corrected chi connectivity index (χ0v) is 15.3. The average molecular weight is 334 g/mol. The molecule has 0 N–H and O–H groups in total. The third kappa shape index (κ3) is 4.86. The number of carbonyl (C=O) groups is 2. The van der Waals surface area contributed by atoms with Crippen LogP contribution in [0.1, 0.15) is 48.5 Å². The lowest BCUT2D eigenvalue weighted by Gasteiger charge is -2.26. The van der Waals surface area contributed by atoms with Gasteiger partial charge < -0.3 is 9.47 Å². The van der Waals surface area contributed by atoms with E-state index in [0.29, 0.717) is 0 Å². The summed E-state index contributed by atoms with van der Waals surface area (Å²) in [6, 6.07) is 0. The van der Waals surface area contributed by atoms with Crippen LogP contribution in [0.3, 0.4) is 0 Å². The van der Waals surface area contributed by atoms with Gasteiger partial charge in [0.15, 0.2) is 0 Å². The minimum absolute atomic E-state index is 0.0492. The molecule has 4 atom stereocenters. The van der Waals surface area contributed by atoms with Crippen LogP contribution in [0.25, 0.3) is 0 Å². The Morgan fingerprint density at radius 1 is 1.05 bits per heavy atom. The summed E-state index contributed by atoms with van der Waals surface area (Å²) in [5, 5.41) is -0.668. The van der Waals surface area contributed by atoms with Crippen molar-refractivity contribution in [2.24, 2.45) is 10.8 Å². The maximum Gasteiger partial charge on any atom is 0.311 e. The van der Waals surface area contributed by atoms with Gasteiger partial charge in [-0.3, -0.25) is 9.59 Å². The molecule has 0 spiro atoms. The van der Waals surface area contributed by atoms with E-state index in [2.05, 4.69) is 0 Å². The number of esters is 2. The lowest BCUT2D eigenvalue weighted by Crippen LogP contribution is -2.39. The smallest absolute Gasteiger partial charge is 0.311 e. The second-order valence-electron chi connectivity index (χ2n) is 7.79. The summed E-state index contributed by atoms with van der Waals surface area (Å²) < 4.78 is 24.9. The summed E-state index contributed by atoms with van der Waals surface area (Å²) in [6.45, 7) is 12.2. The first-order chi connectivity index (χ1) is 9.84. The molecule has 0 aromatic carbocycles. The van der Waals surface area contributed by atoms with E-state index in [1.165, 1.54) is 11.8 Å². The molecule has 0 aromatic rings. The van der Waals surface area contributed by atoms with Crippen molar-refractivity contribution < 1.29 is 23.5 Å². The maximum absolute atomic E-state index is 14.3. The highest BCUT2D eigenvalue weighted by Gasteiger charge is 2.46. The van der Waals surface area contributed by atoms with Gasteiger partial charge in [0.1, 0.15) is 18.9 Å². The number of hydrogen-bond acceptors (Lipinski definition) is 5. The Balaban J connectivity index is 2.71. The lowest BCUT2D eigenvalue weighted by molar-refractivity contribution is -0.163. The molecule has 1 saturated heterocycles. The van der Waals surface area contributed by atoms with Gasteiger partial charge >= 0.3 is 11.9 Å². The number of carbonyl (C=O) groups excluding carboxylic acids is 2. The van der Waals surface area contributed by atoms with Crippen LogP contribution in [-0.2, 0) is 19.1 Å². The molecule has 1 rings (SSSR count). The van der Waals surface area contributed by atoms with Gasteiger partial charge in [-0.05, 0) is 41.5 Å². The third-order valence-electron chi connectivity index (χ3n) is 3.36. The number of ether oxygens (including phenoxy) is 2. The van der Waals surface area contributed by atoms with E-state index >= 15 is 0 Å². The molecule has 1 heterocycles. The number of thioether (sulfide) groups is 1. The van der Waals surface area contributed by atoms with Gasteiger partial charge in [-0.1, -0.05) is 6.92 Å². The third-order valence-corrected chi connectivity index (χ3v) is 4.81. The molecule has 1 aliphatic heterocycles. The van der Waals surface area contributed by atoms with Crippen molar-refractivity contribution in [3.63, 3.8) is 0 Å². The number of alkyl halides is 1. The van der Waals surface area contributed by atoms with E-state index in [1.54, 1.807) is 48.5 Å². The minimum Gasteiger partial charge on any atom is -0.464 e. The highest BCUT2D eigenvalue weighted by Crippen LogP contribution is 2.39. The van der Waals surface area contributed by atoms with Crippen molar-refractivity contribution in [1.82, 2.24) is 0 Å². The summed E-state index contributed by atoms with van der Waals surface area (Å²) in [7, 11) is 0. The van der Waals surface area contributed by atoms with E-state index in [4.69, 9.17) is 9.47 Å². The number of rotatable bonds is 3. The van der Waals surface area contributed by atoms with E-state index in [-0.39, 0.29) is 23.1 Å². The summed E-state index contributed by atoms with van der Waals surface area (Å²) in [6.07, 6.45) is -2.13. The molecule has 1 aliphatic rings. The standard InChI is InChI=1S/C16H27FO4S/c1-9-11(17)12(21-14(19)16(5,6)7)10(22-9)8-20-13(18)15(2,3)4/h9-12H,8H2,1-7H3/t9?,10-,11-,12-/m1/s1. The fourth-order valence-electron chi connectivity index (χ4n) is 1.85. The zero-order chi connectivity index (χ0) is 17.3. The Kier molecular flexibility index (Phi) is 5.93. The summed E-state index contributed by atoms with van der Waals surface area (Å²) in [5.74, 6) is -0.786. The molecule has 0 aliphatic carbocycles. The first-order valence-electron chi connectivity index (χ1n) is 7.52. The second-order valence-corrected chi connectivity index (χ2v) is 9.41. The molecule has 22 heavy (non-hydrogen) atoms. The van der Waals surface area contributed by atoms with Gasteiger partial charge in [-0.2, -0.15) is 0 Å². The largest absolute Gasteiger partial charge is 0.464 e. The van der Waals surface area contributed by atoms with Gasteiger partial charge in [0.2, 0.25) is 0 Å². The molecule has 0 saturated carbocycles. The molecule has 4 nitrogen and oxygen atoms in total. The normalized spacial score (nSPS) is 29.3. The van der Waals surface area contributed by atoms with Gasteiger partial charge in [0, 0.05) is 5.25 Å². The first-order valence-corrected chi connectivity index (χ1v) is 8.46. The lowest BCUT2D eigenvalue weighted by atomic mass is 9.97. The van der Waals surface area contributed by atoms with Crippen LogP contribution in [0.4, 0.5) is 4.39 Å². The Labute approximate surface area is 136 Å². The Morgan fingerprint density at radius 3 is 2.00 bits per heavy atom. The first kappa shape index (κ1) is 19.3. The molecule has 1 unspecified atom stereocenters. The van der Waals surface area contributed by atoms with Gasteiger partial charge in [0.05, 0.1) is 16.1 Å². The van der Waals surface area contributed by atoms with Crippen LogP contribution >= 0.6 is 11.8 Å². The molecule has 0 amide bonds. The fraction of sp³-hybridized carbons (Fsp3) is 0.875. The molecular formula is C16H27FO4S. The topological polar surface area (TPSA) is 52.6 Å². The zero-order valence-electron chi connectivity index (χ0n) is 14.4. The molecule has 0 bridgehead atoms. The molecule has 1 fully saturated rings.